The van der Waals surface area contributed by atoms with E-state index in [1.165, 1.54) is 121 Å². The van der Waals surface area contributed by atoms with Crippen LogP contribution in [0, 0.1) is 47.3 Å². The van der Waals surface area contributed by atoms with Gasteiger partial charge in [0.05, 0.1) is 18.4 Å². The van der Waals surface area contributed by atoms with Gasteiger partial charge in [-0.3, -0.25) is 57.5 Å². The number of carbonyl (C=O) groups is 12. The molecule has 0 aromatic rings. The number of hydrogen-bond donors (Lipinski definition) is 4. The highest BCUT2D eigenvalue weighted by Crippen LogP contribution is 2.44. The van der Waals surface area contributed by atoms with E-state index in [-0.39, 0.29) is 82.2 Å². The zero-order valence-electron chi connectivity index (χ0n) is 64.2. The molecular formula is C73H121ClF3N13O12S. The zero-order valence-corrected chi connectivity index (χ0v) is 65.7. The first kappa shape index (κ1) is 86.0. The minimum atomic E-state index is -4.52. The Balaban J connectivity index is 1.46. The van der Waals surface area contributed by atoms with Crippen LogP contribution >= 0.6 is 23.4 Å². The first-order valence-electron chi connectivity index (χ1n) is 37.5. The molecule has 103 heavy (non-hydrogen) atoms. The number of carbonyl (C=O) groups excluding carboxylic acids is 12. The Morgan fingerprint density at radius 1 is 0.612 bits per heavy atom. The van der Waals surface area contributed by atoms with Gasteiger partial charge in [-0.1, -0.05) is 99.8 Å². The largest absolute Gasteiger partial charge is 0.393 e. The van der Waals surface area contributed by atoms with Gasteiger partial charge < -0.3 is 65.4 Å². The van der Waals surface area contributed by atoms with Crippen molar-refractivity contribution in [1.29, 1.82) is 0 Å². The Hall–Kier alpha value is -5.97. The lowest BCUT2D eigenvalue weighted by molar-refractivity contribution is -0.182. The van der Waals surface area contributed by atoms with Crippen LogP contribution in [0.15, 0.2) is 0 Å². The standard InChI is InChI=1S/C73H121ClF3N13O12S/c1-18-43(6)59-70(100)84(12)45(8)65(95)90-33-32-53(90)68(98)87(15)56(36-46-24-20-19-21-25-46)67(97)83(11)38-57(91)79-52(31-29-47-28-30-50(51(74)35-47)73(75,76)77)66(96)86(14)55(37-49-39-103-40-78-49)63(93)80-58(42(4)5)69(99)89(17)61(48-26-22-23-27-48)72(102)88(16)60(71(101)82(9)10)44(7)64(94)85(13)54(34-41(2)3)62(92)81-59/h41-56,58-61,78H,18-40H2,1-17H3,(H,79,91)(H,80,93)(H,81,92)/t43-,44?,45-,47?,49?,50?,51?,52-,53-,54-,55-,56-,58-,59-,60-,61-/m0/s1. The maximum Gasteiger partial charge on any atom is 0.393 e. The van der Waals surface area contributed by atoms with E-state index in [0.29, 0.717) is 30.9 Å². The van der Waals surface area contributed by atoms with Gasteiger partial charge in [0.25, 0.3) is 0 Å². The Morgan fingerprint density at radius 3 is 1.74 bits per heavy atom. The average molecular weight is 1500 g/mol. The maximum atomic E-state index is 15.7. The van der Waals surface area contributed by atoms with Gasteiger partial charge in [0.15, 0.2) is 0 Å². The summed E-state index contributed by atoms with van der Waals surface area (Å²) in [6.07, 6.45) is 3.24. The number of nitrogens with one attached hydrogen (secondary N) is 4. The summed E-state index contributed by atoms with van der Waals surface area (Å²) in [7, 11) is 13.0. The topological polar surface area (TPSA) is 282 Å². The SMILES string of the molecule is CC[C@H](C)[C@@H]1NC(=O)[C@H](CC(C)C)N(C)C(=O)C(C)[C@@H](C(=O)N(C)C)N(C)C(=O)[C@H](C2CCCC2)N(C)C(=O)[C@H](C(C)C)NC(=O)[C@H](CC2CSCN2)N(C)C(=O)[C@H](CCC2CCC(C(F)(F)F)C(Cl)C2)NC(=O)CN(C)C(=O)[C@H](CC2CCCCC2)N(C)C(=O)[C@@H]2CCN2C(=O)[C@H](C)N(C)C1=O. The van der Waals surface area contributed by atoms with Crippen molar-refractivity contribution in [1.82, 2.24) is 65.4 Å². The molecule has 6 aliphatic rings. The lowest BCUT2D eigenvalue weighted by Gasteiger charge is -2.45. The molecule has 3 saturated heterocycles. The molecule has 30 heteroatoms. The second-order valence-electron chi connectivity index (χ2n) is 31.6. The van der Waals surface area contributed by atoms with Gasteiger partial charge >= 0.3 is 6.18 Å². The van der Waals surface area contributed by atoms with Crippen LogP contribution in [0.4, 0.5) is 13.2 Å². The summed E-state index contributed by atoms with van der Waals surface area (Å²) in [5.74, 6) is -12.0. The van der Waals surface area contributed by atoms with Gasteiger partial charge in [0.2, 0.25) is 70.9 Å². The quantitative estimate of drug-likeness (QED) is 0.155. The fraction of sp³-hybridized carbons (Fsp3) is 0.836. The molecule has 0 aromatic carbocycles. The second kappa shape index (κ2) is 38.0. The van der Waals surface area contributed by atoms with E-state index in [0.717, 1.165) is 44.9 Å². The fourth-order valence-corrected chi connectivity index (χ4v) is 17.6. The van der Waals surface area contributed by atoms with Crippen LogP contribution in [0.3, 0.4) is 0 Å². The first-order valence-corrected chi connectivity index (χ1v) is 39.1. The van der Waals surface area contributed by atoms with Gasteiger partial charge in [-0.15, -0.1) is 23.4 Å². The van der Waals surface area contributed by atoms with Gasteiger partial charge in [0.1, 0.15) is 60.4 Å². The molecule has 25 nitrogen and oxygen atoms in total. The van der Waals surface area contributed by atoms with E-state index >= 15 is 28.8 Å². The van der Waals surface area contributed by atoms with Crippen LogP contribution in [-0.4, -0.2) is 281 Å². The molecule has 3 aliphatic heterocycles. The predicted octanol–water partition coefficient (Wildman–Crippen LogP) is 5.55. The van der Waals surface area contributed by atoms with Gasteiger partial charge in [-0.25, -0.2) is 0 Å². The van der Waals surface area contributed by atoms with Crippen LogP contribution in [0.25, 0.3) is 0 Å². The Kier molecular flexibility index (Phi) is 31.7. The van der Waals surface area contributed by atoms with Crippen molar-refractivity contribution in [3.05, 3.63) is 0 Å². The van der Waals surface area contributed by atoms with E-state index in [9.17, 15) is 41.9 Å². The monoisotopic (exact) mass is 1500 g/mol. The molecule has 6 rings (SSSR count). The van der Waals surface area contributed by atoms with E-state index in [1.54, 1.807) is 32.5 Å². The van der Waals surface area contributed by atoms with Crippen LogP contribution in [0.5, 0.6) is 0 Å². The third-order valence-electron chi connectivity index (χ3n) is 23.2. The van der Waals surface area contributed by atoms with Crippen LogP contribution in [0.2, 0.25) is 0 Å². The number of alkyl halides is 4. The van der Waals surface area contributed by atoms with Gasteiger partial charge in [-0.05, 0) is 113 Å². The second-order valence-corrected chi connectivity index (χ2v) is 33.2. The Labute approximate surface area is 618 Å². The molecule has 0 spiro atoms. The highest BCUT2D eigenvalue weighted by atomic mass is 35.5. The highest BCUT2D eigenvalue weighted by Gasteiger charge is 2.51. The van der Waals surface area contributed by atoms with Crippen molar-refractivity contribution in [2.75, 3.05) is 88.1 Å². The molecule has 0 aromatic heterocycles. The third-order valence-corrected chi connectivity index (χ3v) is 24.7. The summed E-state index contributed by atoms with van der Waals surface area (Å²) in [4.78, 5) is 192. The van der Waals surface area contributed by atoms with Crippen LogP contribution in [-0.2, 0) is 57.5 Å². The van der Waals surface area contributed by atoms with Crippen molar-refractivity contribution in [3.8, 4) is 0 Å². The van der Waals surface area contributed by atoms with Crippen molar-refractivity contribution >= 4 is 94.2 Å². The molecule has 3 saturated carbocycles. The molecule has 0 radical (unpaired) electrons. The van der Waals surface area contributed by atoms with E-state index in [2.05, 4.69) is 21.3 Å². The first-order chi connectivity index (χ1) is 48.2. The number of thioether (sulfide) groups is 1. The molecule has 12 amide bonds. The molecular weight excluding hydrogens is 1380 g/mol. The van der Waals surface area contributed by atoms with E-state index in [4.69, 9.17) is 11.6 Å². The molecule has 4 N–H and O–H groups in total. The van der Waals surface area contributed by atoms with E-state index < -0.39 is 185 Å². The number of likely N-dealkylation sites (N-methyl/N-ethyl adjacent to an activating group) is 8. The smallest absolute Gasteiger partial charge is 0.347 e. The third kappa shape index (κ3) is 21.4. The Bertz CT molecular complexity index is 2990. The number of hydrogen-bond acceptors (Lipinski definition) is 14. The lowest BCUT2D eigenvalue weighted by atomic mass is 9.78. The summed E-state index contributed by atoms with van der Waals surface area (Å²) in [6, 6.07) is -12.8. The highest BCUT2D eigenvalue weighted by molar-refractivity contribution is 7.99. The molecule has 5 unspecified atom stereocenters. The molecule has 584 valence electrons. The van der Waals surface area contributed by atoms with Crippen LogP contribution in [0.1, 0.15) is 177 Å². The number of fused-ring (bicyclic) bond motifs is 1. The summed E-state index contributed by atoms with van der Waals surface area (Å²) >= 11 is 8.01. The molecule has 16 atom stereocenters. The zero-order chi connectivity index (χ0) is 77.0. The molecule has 3 heterocycles. The maximum absolute atomic E-state index is 15.7. The minimum Gasteiger partial charge on any atom is -0.347 e. The molecule has 3 aliphatic carbocycles. The number of nitrogens with zero attached hydrogens (tertiary/aromatic N) is 9. The van der Waals surface area contributed by atoms with E-state index in [1.807, 2.05) is 20.8 Å². The van der Waals surface area contributed by atoms with Gasteiger partial charge in [-0.2, -0.15) is 13.2 Å². The number of rotatable bonds is 14. The fourth-order valence-electron chi connectivity index (χ4n) is 16.1. The van der Waals surface area contributed by atoms with Crippen molar-refractivity contribution < 1.29 is 70.7 Å². The summed E-state index contributed by atoms with van der Waals surface area (Å²) in [6.45, 7) is 13.3. The van der Waals surface area contributed by atoms with Gasteiger partial charge in [0, 0.05) is 93.0 Å². The van der Waals surface area contributed by atoms with Crippen molar-refractivity contribution in [2.24, 2.45) is 47.3 Å². The van der Waals surface area contributed by atoms with Crippen molar-refractivity contribution in [2.45, 2.75) is 255 Å². The minimum absolute atomic E-state index is 0.0206. The summed E-state index contributed by atoms with van der Waals surface area (Å²) in [5.41, 5.74) is 0. The molecule has 0 bridgehead atoms. The Morgan fingerprint density at radius 2 is 1.19 bits per heavy atom. The summed E-state index contributed by atoms with van der Waals surface area (Å²) < 4.78 is 42.3. The summed E-state index contributed by atoms with van der Waals surface area (Å²) in [5, 5.41) is 10.8. The predicted molar refractivity (Wildman–Crippen MR) is 388 cm³/mol. The van der Waals surface area contributed by atoms with Crippen LogP contribution < -0.4 is 21.3 Å². The number of amides is 12. The average Bonchev–Trinajstić information content (AvgIpc) is 1.41. The number of halogens is 4. The lowest BCUT2D eigenvalue weighted by Crippen LogP contribution is -2.65. The molecule has 6 fully saturated rings. The van der Waals surface area contributed by atoms with Crippen molar-refractivity contribution in [3.63, 3.8) is 0 Å². The normalized spacial score (nSPS) is 31.7.